The Morgan fingerprint density at radius 2 is 1.74 bits per heavy atom. The zero-order valence-corrected chi connectivity index (χ0v) is 24.3. The van der Waals surface area contributed by atoms with E-state index in [4.69, 9.17) is 0 Å². The van der Waals surface area contributed by atoms with E-state index in [0.29, 0.717) is 11.7 Å². The van der Waals surface area contributed by atoms with Gasteiger partial charge >= 0.3 is 5.76 Å². The normalized spacial score (nSPS) is 26.3. The fourth-order valence-corrected chi connectivity index (χ4v) is 7.53. The highest BCUT2D eigenvalue weighted by molar-refractivity contribution is 7.89. The number of Topliss-reactive ketones (excluding diaryl/α,β-unsaturated/α-hetero) is 1. The molecule has 214 valence electrons. The summed E-state index contributed by atoms with van der Waals surface area (Å²) in [5.41, 5.74) is 3.19. The van der Waals surface area contributed by atoms with E-state index in [1.807, 2.05) is 32.0 Å². The Bertz CT molecular complexity index is 1340. The minimum absolute atomic E-state index is 0.122. The number of alkyl halides is 2. The topological polar surface area (TPSA) is 85.2 Å². The Hall–Kier alpha value is -2.20. The highest BCUT2D eigenvalue weighted by Crippen LogP contribution is 2.50. The monoisotopic (exact) mass is 562 g/mol. The van der Waals surface area contributed by atoms with Gasteiger partial charge in [0.15, 0.2) is 0 Å². The summed E-state index contributed by atoms with van der Waals surface area (Å²) in [5, 5.41) is 9.13. The summed E-state index contributed by atoms with van der Waals surface area (Å²) in [5.74, 6) is -2.64. The molecule has 0 bridgehead atoms. The van der Waals surface area contributed by atoms with Crippen LogP contribution in [0.25, 0.3) is 0 Å². The van der Waals surface area contributed by atoms with Crippen molar-refractivity contribution in [3.05, 3.63) is 46.5 Å². The van der Waals surface area contributed by atoms with Gasteiger partial charge in [-0.15, -0.1) is 10.2 Å². The lowest BCUT2D eigenvalue weighted by Gasteiger charge is -2.38. The summed E-state index contributed by atoms with van der Waals surface area (Å²) in [6, 6.07) is 6.08. The summed E-state index contributed by atoms with van der Waals surface area (Å²) >= 11 is 0. The van der Waals surface area contributed by atoms with Crippen LogP contribution in [0.4, 0.5) is 8.78 Å². The van der Waals surface area contributed by atoms with Crippen molar-refractivity contribution in [2.24, 2.45) is 17.3 Å². The van der Waals surface area contributed by atoms with E-state index in [1.54, 1.807) is 0 Å². The first-order valence-corrected chi connectivity index (χ1v) is 15.6. The first kappa shape index (κ1) is 28.3. The fraction of sp³-hybridized carbons (Fsp3) is 0.690. The highest BCUT2D eigenvalue weighted by atomic mass is 32.2. The third-order valence-electron chi connectivity index (χ3n) is 8.64. The van der Waals surface area contributed by atoms with Crippen LogP contribution in [-0.4, -0.2) is 52.1 Å². The first-order chi connectivity index (χ1) is 18.2. The van der Waals surface area contributed by atoms with Gasteiger partial charge in [0, 0.05) is 43.3 Å². The first-order valence-electron chi connectivity index (χ1n) is 14.0. The lowest BCUT2D eigenvalue weighted by atomic mass is 9.68. The number of ketones is 1. The smallest absolute Gasteiger partial charge is 0.311 e. The molecule has 0 N–H and O–H groups in total. The molecule has 2 atom stereocenters. The number of rotatable bonds is 9. The molecule has 0 unspecified atom stereocenters. The Kier molecular flexibility index (Phi) is 7.50. The van der Waals surface area contributed by atoms with Crippen molar-refractivity contribution in [3.8, 4) is 0 Å². The van der Waals surface area contributed by atoms with Gasteiger partial charge in [0.25, 0.3) is 10.0 Å². The molecule has 7 nitrogen and oxygen atoms in total. The van der Waals surface area contributed by atoms with E-state index in [9.17, 15) is 22.0 Å². The van der Waals surface area contributed by atoms with Crippen LogP contribution in [0.5, 0.6) is 0 Å². The Labute approximate surface area is 230 Å². The van der Waals surface area contributed by atoms with Crippen LogP contribution in [-0.2, 0) is 21.2 Å². The molecule has 2 aliphatic carbocycles. The minimum Gasteiger partial charge on any atom is -0.311 e. The summed E-state index contributed by atoms with van der Waals surface area (Å²) in [6.07, 6.45) is 5.29. The molecule has 1 aliphatic heterocycles. The van der Waals surface area contributed by atoms with Crippen LogP contribution in [0.1, 0.15) is 99.1 Å². The average molecular weight is 563 g/mol. The van der Waals surface area contributed by atoms with E-state index in [0.717, 1.165) is 58.9 Å². The number of carbonyl (C=O) groups is 1. The number of benzene rings is 1. The Morgan fingerprint density at radius 3 is 2.33 bits per heavy atom. The van der Waals surface area contributed by atoms with Gasteiger partial charge in [-0.3, -0.25) is 4.79 Å². The molecule has 1 saturated heterocycles. The van der Waals surface area contributed by atoms with Gasteiger partial charge in [0.1, 0.15) is 17.4 Å². The molecular weight excluding hydrogens is 522 g/mol. The summed E-state index contributed by atoms with van der Waals surface area (Å²) in [7, 11) is -4.83. The predicted molar refractivity (Wildman–Crippen MR) is 145 cm³/mol. The quantitative estimate of drug-likeness (QED) is 0.401. The van der Waals surface area contributed by atoms with Crippen LogP contribution in [0.3, 0.4) is 0 Å². The van der Waals surface area contributed by atoms with Gasteiger partial charge < -0.3 is 4.57 Å². The van der Waals surface area contributed by atoms with Gasteiger partial charge in [-0.2, -0.15) is 13.1 Å². The van der Waals surface area contributed by atoms with Crippen LogP contribution in [0.2, 0.25) is 0 Å². The number of nitrogens with zero attached hydrogens (tertiary/aromatic N) is 4. The lowest BCUT2D eigenvalue weighted by molar-refractivity contribution is -0.122. The SMILES string of the molecule is Cc1ccc(CC(=O)[C@H]2CN(S(=O)(=O)C(F)F)C[C@@H]2c2nnc(C3CC(CC(C)(C)C)C3)n2C2CC2)c(C)c1. The predicted octanol–water partition coefficient (Wildman–Crippen LogP) is 5.54. The average Bonchev–Trinajstić information content (AvgIpc) is 3.39. The second kappa shape index (κ2) is 10.3. The second-order valence-electron chi connectivity index (χ2n) is 13.2. The van der Waals surface area contributed by atoms with Crippen molar-refractivity contribution in [2.45, 2.75) is 96.8 Å². The zero-order valence-electron chi connectivity index (χ0n) is 23.5. The van der Waals surface area contributed by atoms with Gasteiger partial charge in [0.05, 0.1) is 0 Å². The van der Waals surface area contributed by atoms with Crippen LogP contribution < -0.4 is 0 Å². The summed E-state index contributed by atoms with van der Waals surface area (Å²) in [6.45, 7) is 10.2. The third-order valence-corrected chi connectivity index (χ3v) is 10.1. The Balaban J connectivity index is 1.44. The van der Waals surface area contributed by atoms with Crippen molar-refractivity contribution in [1.82, 2.24) is 19.1 Å². The maximum Gasteiger partial charge on any atom is 0.350 e. The molecule has 5 rings (SSSR count). The van der Waals surface area contributed by atoms with Gasteiger partial charge in [0.2, 0.25) is 0 Å². The molecule has 1 aromatic heterocycles. The van der Waals surface area contributed by atoms with Crippen molar-refractivity contribution in [1.29, 1.82) is 0 Å². The van der Waals surface area contributed by atoms with E-state index >= 15 is 0 Å². The van der Waals surface area contributed by atoms with Crippen molar-refractivity contribution in [3.63, 3.8) is 0 Å². The van der Waals surface area contributed by atoms with Crippen molar-refractivity contribution < 1.29 is 22.0 Å². The maximum absolute atomic E-state index is 13.7. The second-order valence-corrected chi connectivity index (χ2v) is 15.1. The van der Waals surface area contributed by atoms with Gasteiger partial charge in [-0.25, -0.2) is 8.42 Å². The molecule has 2 heterocycles. The van der Waals surface area contributed by atoms with Crippen LogP contribution in [0.15, 0.2) is 18.2 Å². The van der Waals surface area contributed by atoms with Crippen LogP contribution >= 0.6 is 0 Å². The van der Waals surface area contributed by atoms with Gasteiger partial charge in [-0.05, 0) is 68.4 Å². The van der Waals surface area contributed by atoms with Gasteiger partial charge in [-0.1, -0.05) is 44.5 Å². The van der Waals surface area contributed by atoms with E-state index in [-0.39, 0.29) is 42.7 Å². The lowest BCUT2D eigenvalue weighted by Crippen LogP contribution is -2.34. The summed E-state index contributed by atoms with van der Waals surface area (Å²) < 4.78 is 55.0. The fourth-order valence-electron chi connectivity index (χ4n) is 6.57. The molecular formula is C29H40F2N4O3S. The molecule has 0 spiro atoms. The number of halogens is 2. The molecule has 2 aromatic rings. The third kappa shape index (κ3) is 5.82. The largest absolute Gasteiger partial charge is 0.350 e. The molecule has 3 aliphatic rings. The molecule has 0 amide bonds. The number of sulfonamides is 1. The molecule has 0 radical (unpaired) electrons. The molecule has 10 heteroatoms. The van der Waals surface area contributed by atoms with Crippen LogP contribution in [0, 0.1) is 31.1 Å². The number of aryl methyl sites for hydroxylation is 2. The summed E-state index contributed by atoms with van der Waals surface area (Å²) in [4.78, 5) is 13.7. The standard InChI is InChI=1S/C29H40F2N4O3S/c1-17-6-7-20(18(2)10-17)13-25(36)23-15-34(39(37,38)28(30)31)16-24(23)27-33-32-26(35(27)22-8-9-22)21-11-19(12-21)14-29(3,4)5/h6-7,10,19,21-24,28H,8-9,11-16H2,1-5H3/t19?,21?,23-,24-/m0/s1. The van der Waals surface area contributed by atoms with Crippen molar-refractivity contribution in [2.75, 3.05) is 13.1 Å². The van der Waals surface area contributed by atoms with E-state index < -0.39 is 27.6 Å². The molecule has 3 fully saturated rings. The van der Waals surface area contributed by atoms with E-state index in [2.05, 4.69) is 35.5 Å². The number of hydrogen-bond donors (Lipinski definition) is 0. The van der Waals surface area contributed by atoms with E-state index in [1.165, 1.54) is 0 Å². The maximum atomic E-state index is 13.7. The molecule has 39 heavy (non-hydrogen) atoms. The minimum atomic E-state index is -4.83. The highest BCUT2D eigenvalue weighted by Gasteiger charge is 2.49. The zero-order chi connectivity index (χ0) is 28.3. The molecule has 2 saturated carbocycles. The Morgan fingerprint density at radius 1 is 1.08 bits per heavy atom. The number of hydrogen-bond acceptors (Lipinski definition) is 5. The number of aromatic nitrogens is 3. The number of carbonyl (C=O) groups excluding carboxylic acids is 1. The molecule has 1 aromatic carbocycles. The van der Waals surface area contributed by atoms with Crippen molar-refractivity contribution >= 4 is 15.8 Å².